The SMILES string of the molecule is COc1nccc(OC(F)(F)F)c1N. The van der Waals surface area contributed by atoms with Gasteiger partial charge in [0.15, 0.2) is 5.75 Å². The van der Waals surface area contributed by atoms with Crippen LogP contribution in [-0.4, -0.2) is 18.5 Å². The Hall–Kier alpha value is -1.66. The molecule has 0 saturated heterocycles. The van der Waals surface area contributed by atoms with Crippen molar-refractivity contribution in [1.82, 2.24) is 4.98 Å². The Morgan fingerprint density at radius 3 is 2.57 bits per heavy atom. The van der Waals surface area contributed by atoms with E-state index in [4.69, 9.17) is 5.73 Å². The fraction of sp³-hybridized carbons (Fsp3) is 0.286. The van der Waals surface area contributed by atoms with Gasteiger partial charge in [-0.3, -0.25) is 0 Å². The molecule has 4 nitrogen and oxygen atoms in total. The lowest BCUT2D eigenvalue weighted by atomic mass is 10.4. The summed E-state index contributed by atoms with van der Waals surface area (Å²) in [5.41, 5.74) is 5.00. The minimum Gasteiger partial charge on any atom is -0.479 e. The molecular weight excluding hydrogens is 201 g/mol. The van der Waals surface area contributed by atoms with Gasteiger partial charge in [-0.2, -0.15) is 0 Å². The maximum Gasteiger partial charge on any atom is 0.573 e. The molecule has 0 aliphatic carbocycles. The summed E-state index contributed by atoms with van der Waals surface area (Å²) in [6.45, 7) is 0. The van der Waals surface area contributed by atoms with Gasteiger partial charge in [-0.25, -0.2) is 4.98 Å². The molecule has 0 fully saturated rings. The maximum absolute atomic E-state index is 11.8. The fourth-order valence-corrected chi connectivity index (χ4v) is 0.814. The lowest BCUT2D eigenvalue weighted by molar-refractivity contribution is -0.274. The molecule has 1 rings (SSSR count). The van der Waals surface area contributed by atoms with Crippen LogP contribution in [0.4, 0.5) is 18.9 Å². The second-order valence-electron chi connectivity index (χ2n) is 2.28. The highest BCUT2D eigenvalue weighted by atomic mass is 19.4. The van der Waals surface area contributed by atoms with Crippen molar-refractivity contribution in [2.75, 3.05) is 12.8 Å². The van der Waals surface area contributed by atoms with Crippen molar-refractivity contribution in [1.29, 1.82) is 0 Å². The van der Waals surface area contributed by atoms with E-state index >= 15 is 0 Å². The largest absolute Gasteiger partial charge is 0.573 e. The van der Waals surface area contributed by atoms with Gasteiger partial charge in [-0.05, 0) is 0 Å². The molecular formula is C7H7F3N2O2. The molecule has 78 valence electrons. The number of nitrogen functional groups attached to an aromatic ring is 1. The first kappa shape index (κ1) is 10.4. The van der Waals surface area contributed by atoms with E-state index in [1.54, 1.807) is 0 Å². The topological polar surface area (TPSA) is 57.4 Å². The van der Waals surface area contributed by atoms with E-state index < -0.39 is 12.1 Å². The number of alkyl halides is 3. The summed E-state index contributed by atoms with van der Waals surface area (Å²) >= 11 is 0. The highest BCUT2D eigenvalue weighted by Gasteiger charge is 2.32. The van der Waals surface area contributed by atoms with E-state index in [0.29, 0.717) is 0 Å². The molecule has 1 aromatic rings. The van der Waals surface area contributed by atoms with Gasteiger partial charge in [0.05, 0.1) is 7.11 Å². The zero-order valence-electron chi connectivity index (χ0n) is 7.13. The molecule has 0 radical (unpaired) electrons. The first-order valence-corrected chi connectivity index (χ1v) is 3.48. The number of hydrogen-bond donors (Lipinski definition) is 1. The number of nitrogens with two attached hydrogens (primary N) is 1. The molecule has 0 aromatic carbocycles. The smallest absolute Gasteiger partial charge is 0.479 e. The molecule has 14 heavy (non-hydrogen) atoms. The number of halogens is 3. The number of pyridine rings is 1. The summed E-state index contributed by atoms with van der Waals surface area (Å²) in [7, 11) is 1.25. The summed E-state index contributed by atoms with van der Waals surface area (Å²) < 4.78 is 43.7. The molecule has 0 unspecified atom stereocenters. The molecule has 0 amide bonds. The molecule has 2 N–H and O–H groups in total. The van der Waals surface area contributed by atoms with E-state index in [2.05, 4.69) is 14.5 Å². The maximum atomic E-state index is 11.8. The number of anilines is 1. The highest BCUT2D eigenvalue weighted by Crippen LogP contribution is 2.32. The van der Waals surface area contributed by atoms with Crippen molar-refractivity contribution in [3.8, 4) is 11.6 Å². The average molecular weight is 208 g/mol. The summed E-state index contributed by atoms with van der Waals surface area (Å²) in [6.07, 6.45) is -3.67. The van der Waals surface area contributed by atoms with E-state index in [-0.39, 0.29) is 11.6 Å². The fourth-order valence-electron chi connectivity index (χ4n) is 0.814. The molecule has 0 bridgehead atoms. The van der Waals surface area contributed by atoms with Gasteiger partial charge >= 0.3 is 6.36 Å². The molecule has 7 heteroatoms. The van der Waals surface area contributed by atoms with Crippen LogP contribution in [0.15, 0.2) is 12.3 Å². The minimum absolute atomic E-state index is 0.105. The van der Waals surface area contributed by atoms with Crippen molar-refractivity contribution < 1.29 is 22.6 Å². The monoisotopic (exact) mass is 208 g/mol. The zero-order chi connectivity index (χ0) is 10.8. The third-order valence-corrected chi connectivity index (χ3v) is 1.33. The van der Waals surface area contributed by atoms with Crippen LogP contribution in [0.25, 0.3) is 0 Å². The van der Waals surface area contributed by atoms with Crippen LogP contribution in [0, 0.1) is 0 Å². The average Bonchev–Trinajstić information content (AvgIpc) is 2.06. The quantitative estimate of drug-likeness (QED) is 0.801. The molecule has 1 heterocycles. The number of aromatic nitrogens is 1. The first-order chi connectivity index (χ1) is 6.44. The summed E-state index contributed by atoms with van der Waals surface area (Å²) in [5, 5.41) is 0. The molecule has 0 spiro atoms. The Morgan fingerprint density at radius 2 is 2.07 bits per heavy atom. The van der Waals surface area contributed by atoms with E-state index in [1.807, 2.05) is 0 Å². The van der Waals surface area contributed by atoms with Gasteiger partial charge in [0.1, 0.15) is 5.69 Å². The Kier molecular flexibility index (Phi) is 2.68. The van der Waals surface area contributed by atoms with Crippen LogP contribution < -0.4 is 15.2 Å². The normalized spacial score (nSPS) is 11.1. The van der Waals surface area contributed by atoms with Crippen LogP contribution in [0.5, 0.6) is 11.6 Å². The van der Waals surface area contributed by atoms with Crippen LogP contribution in [0.2, 0.25) is 0 Å². The molecule has 1 aromatic heterocycles. The zero-order valence-corrected chi connectivity index (χ0v) is 7.13. The summed E-state index contributed by atoms with van der Waals surface area (Å²) in [6, 6.07) is 1.01. The Bertz CT molecular complexity index is 327. The van der Waals surface area contributed by atoms with Crippen molar-refractivity contribution in [2.45, 2.75) is 6.36 Å². The van der Waals surface area contributed by atoms with Crippen LogP contribution in [0.1, 0.15) is 0 Å². The highest BCUT2D eigenvalue weighted by molar-refractivity contribution is 5.59. The molecule has 0 aliphatic heterocycles. The van der Waals surface area contributed by atoms with Gasteiger partial charge in [-0.15, -0.1) is 13.2 Å². The Balaban J connectivity index is 2.98. The number of hydrogen-bond acceptors (Lipinski definition) is 4. The first-order valence-electron chi connectivity index (χ1n) is 3.48. The van der Waals surface area contributed by atoms with E-state index in [9.17, 15) is 13.2 Å². The summed E-state index contributed by atoms with van der Waals surface area (Å²) in [4.78, 5) is 3.59. The second-order valence-corrected chi connectivity index (χ2v) is 2.28. The molecule has 0 aliphatic rings. The molecule has 0 saturated carbocycles. The van der Waals surface area contributed by atoms with Crippen LogP contribution in [0.3, 0.4) is 0 Å². The lowest BCUT2D eigenvalue weighted by Gasteiger charge is -2.11. The number of ether oxygens (including phenoxy) is 2. The third-order valence-electron chi connectivity index (χ3n) is 1.33. The van der Waals surface area contributed by atoms with Crippen LogP contribution in [-0.2, 0) is 0 Å². The Morgan fingerprint density at radius 1 is 1.43 bits per heavy atom. The number of nitrogens with zero attached hydrogens (tertiary/aromatic N) is 1. The Labute approximate surface area is 77.4 Å². The second kappa shape index (κ2) is 3.60. The molecule has 0 atom stereocenters. The van der Waals surface area contributed by atoms with Gasteiger partial charge in [0.25, 0.3) is 0 Å². The number of rotatable bonds is 2. The predicted molar refractivity (Wildman–Crippen MR) is 41.9 cm³/mol. The van der Waals surface area contributed by atoms with Gasteiger partial charge < -0.3 is 15.2 Å². The van der Waals surface area contributed by atoms with Gasteiger partial charge in [0.2, 0.25) is 5.88 Å². The van der Waals surface area contributed by atoms with Gasteiger partial charge in [-0.1, -0.05) is 0 Å². The van der Waals surface area contributed by atoms with E-state index in [1.165, 1.54) is 7.11 Å². The van der Waals surface area contributed by atoms with E-state index in [0.717, 1.165) is 12.3 Å². The van der Waals surface area contributed by atoms with Gasteiger partial charge in [0, 0.05) is 12.3 Å². The third kappa shape index (κ3) is 2.41. The number of methoxy groups -OCH3 is 1. The van der Waals surface area contributed by atoms with Crippen molar-refractivity contribution in [3.05, 3.63) is 12.3 Å². The predicted octanol–water partition coefficient (Wildman–Crippen LogP) is 1.57. The van der Waals surface area contributed by atoms with Crippen molar-refractivity contribution in [3.63, 3.8) is 0 Å². The summed E-state index contributed by atoms with van der Waals surface area (Å²) in [5.74, 6) is -0.629. The minimum atomic E-state index is -4.78. The lowest BCUT2D eigenvalue weighted by Crippen LogP contribution is -2.18. The van der Waals surface area contributed by atoms with Crippen molar-refractivity contribution in [2.24, 2.45) is 0 Å². The van der Waals surface area contributed by atoms with Crippen LogP contribution >= 0.6 is 0 Å². The standard InChI is InChI=1S/C7H7F3N2O2/c1-13-6-5(11)4(2-3-12-6)14-7(8,9)10/h2-3H,11H2,1H3. The van der Waals surface area contributed by atoms with Crippen molar-refractivity contribution >= 4 is 5.69 Å².